The minimum Gasteiger partial charge on any atom is -0.508 e. The number of hydrogen-bond acceptors (Lipinski definition) is 9. The second-order valence-electron chi connectivity index (χ2n) is 6.97. The van der Waals surface area contributed by atoms with Gasteiger partial charge in [0.05, 0.1) is 12.2 Å². The molecule has 164 valence electrons. The number of benzene rings is 1. The van der Waals surface area contributed by atoms with E-state index in [9.17, 15) is 19.8 Å². The number of esters is 1. The molecule has 0 atom stereocenters. The van der Waals surface area contributed by atoms with Crippen LogP contribution in [0.4, 0.5) is 0 Å². The Morgan fingerprint density at radius 3 is 2.48 bits per heavy atom. The van der Waals surface area contributed by atoms with Crippen LogP contribution in [0.2, 0.25) is 0 Å². The largest absolute Gasteiger partial charge is 0.508 e. The standard InChI is InChI=1S/C21H23N3O7/c1-5-22-20(27)18-17(16-8-13(23-30-16)21(28)29-6-2)19(31-24-18)12-7-11(10(3)4)14(25)9-15(12)26/h7-10,25-26H,5-6H2,1-4H3,(H,22,27). The van der Waals surface area contributed by atoms with Crippen LogP contribution in [0.15, 0.2) is 27.2 Å². The van der Waals surface area contributed by atoms with Crippen molar-refractivity contribution < 1.29 is 33.6 Å². The van der Waals surface area contributed by atoms with E-state index < -0.39 is 11.9 Å². The van der Waals surface area contributed by atoms with Gasteiger partial charge in [-0.3, -0.25) is 4.79 Å². The van der Waals surface area contributed by atoms with Gasteiger partial charge >= 0.3 is 5.97 Å². The Balaban J connectivity index is 2.21. The van der Waals surface area contributed by atoms with E-state index in [1.807, 2.05) is 13.8 Å². The highest BCUT2D eigenvalue weighted by Crippen LogP contribution is 2.43. The summed E-state index contributed by atoms with van der Waals surface area (Å²) < 4.78 is 15.6. The molecule has 31 heavy (non-hydrogen) atoms. The Bertz CT molecular complexity index is 1110. The fourth-order valence-corrected chi connectivity index (χ4v) is 3.03. The SMILES string of the molecule is CCNC(=O)c1noc(-c2cc(C(C)C)c(O)cc2O)c1-c1cc(C(=O)OCC)no1. The minimum absolute atomic E-state index is 0.0206. The first kappa shape index (κ1) is 21.9. The van der Waals surface area contributed by atoms with Crippen LogP contribution < -0.4 is 5.32 Å². The van der Waals surface area contributed by atoms with E-state index in [1.165, 1.54) is 12.1 Å². The van der Waals surface area contributed by atoms with E-state index in [1.54, 1.807) is 19.9 Å². The second kappa shape index (κ2) is 8.90. The molecule has 0 aliphatic heterocycles. The van der Waals surface area contributed by atoms with Crippen molar-refractivity contribution in [2.75, 3.05) is 13.2 Å². The van der Waals surface area contributed by atoms with Crippen LogP contribution in [-0.2, 0) is 4.74 Å². The number of aromatic hydroxyl groups is 2. The number of hydrogen-bond donors (Lipinski definition) is 3. The van der Waals surface area contributed by atoms with Crippen LogP contribution in [-0.4, -0.2) is 45.6 Å². The molecule has 2 aromatic heterocycles. The first-order chi connectivity index (χ1) is 14.8. The first-order valence-electron chi connectivity index (χ1n) is 9.76. The number of phenols is 2. The summed E-state index contributed by atoms with van der Waals surface area (Å²) in [5, 5.41) is 30.8. The lowest BCUT2D eigenvalue weighted by molar-refractivity contribution is 0.0514. The molecule has 0 saturated heterocycles. The number of nitrogens with one attached hydrogen (secondary N) is 1. The van der Waals surface area contributed by atoms with Gasteiger partial charge in [-0.15, -0.1) is 0 Å². The highest BCUT2D eigenvalue weighted by Gasteiger charge is 2.30. The third-order valence-corrected chi connectivity index (χ3v) is 4.50. The maximum absolute atomic E-state index is 12.6. The molecule has 0 bridgehead atoms. The van der Waals surface area contributed by atoms with Crippen molar-refractivity contribution in [2.24, 2.45) is 0 Å². The van der Waals surface area contributed by atoms with Crippen LogP contribution in [0.5, 0.6) is 11.5 Å². The monoisotopic (exact) mass is 429 g/mol. The second-order valence-corrected chi connectivity index (χ2v) is 6.97. The number of phenolic OH excluding ortho intramolecular Hbond substituents is 2. The van der Waals surface area contributed by atoms with Gasteiger partial charge in [-0.25, -0.2) is 4.79 Å². The van der Waals surface area contributed by atoms with Gasteiger partial charge in [-0.1, -0.05) is 24.2 Å². The van der Waals surface area contributed by atoms with Crippen molar-refractivity contribution in [1.29, 1.82) is 0 Å². The highest BCUT2D eigenvalue weighted by molar-refractivity contribution is 6.02. The molecule has 10 heteroatoms. The number of carbonyl (C=O) groups is 2. The summed E-state index contributed by atoms with van der Waals surface area (Å²) in [4.78, 5) is 24.5. The molecule has 3 rings (SSSR count). The fourth-order valence-electron chi connectivity index (χ4n) is 3.03. The smallest absolute Gasteiger partial charge is 0.360 e. The average Bonchev–Trinajstić information content (AvgIpc) is 3.35. The number of ether oxygens (including phenoxy) is 1. The number of rotatable bonds is 7. The van der Waals surface area contributed by atoms with Crippen LogP contribution >= 0.6 is 0 Å². The summed E-state index contributed by atoms with van der Waals surface area (Å²) in [5.41, 5.74) is 0.642. The fraction of sp³-hybridized carbons (Fsp3) is 0.333. The first-order valence-corrected chi connectivity index (χ1v) is 9.76. The Labute approximate surface area is 177 Å². The van der Waals surface area contributed by atoms with Gasteiger partial charge in [-0.05, 0) is 31.4 Å². The Hall–Kier alpha value is -3.82. The molecule has 3 aromatic rings. The van der Waals surface area contributed by atoms with Crippen molar-refractivity contribution in [3.63, 3.8) is 0 Å². The third-order valence-electron chi connectivity index (χ3n) is 4.50. The van der Waals surface area contributed by atoms with E-state index in [0.717, 1.165) is 0 Å². The lowest BCUT2D eigenvalue weighted by Gasteiger charge is -2.11. The van der Waals surface area contributed by atoms with Crippen molar-refractivity contribution in [1.82, 2.24) is 15.6 Å². The van der Waals surface area contributed by atoms with Crippen LogP contribution in [0.3, 0.4) is 0 Å². The van der Waals surface area contributed by atoms with Crippen molar-refractivity contribution >= 4 is 11.9 Å². The van der Waals surface area contributed by atoms with Gasteiger partial charge in [0.25, 0.3) is 5.91 Å². The van der Waals surface area contributed by atoms with Crippen LogP contribution in [0, 0.1) is 0 Å². The van der Waals surface area contributed by atoms with Crippen molar-refractivity contribution in [3.8, 4) is 34.1 Å². The van der Waals surface area contributed by atoms with Crippen molar-refractivity contribution in [2.45, 2.75) is 33.6 Å². The number of aromatic nitrogens is 2. The summed E-state index contributed by atoms with van der Waals surface area (Å²) in [5.74, 6) is -1.60. The van der Waals surface area contributed by atoms with E-state index in [0.29, 0.717) is 12.1 Å². The summed E-state index contributed by atoms with van der Waals surface area (Å²) in [6.45, 7) is 7.64. The molecule has 0 saturated carbocycles. The van der Waals surface area contributed by atoms with E-state index >= 15 is 0 Å². The number of carbonyl (C=O) groups excluding carboxylic acids is 2. The minimum atomic E-state index is -0.690. The average molecular weight is 429 g/mol. The maximum atomic E-state index is 12.6. The normalized spacial score (nSPS) is 11.0. The number of nitrogens with zero attached hydrogens (tertiary/aromatic N) is 2. The Morgan fingerprint density at radius 2 is 1.84 bits per heavy atom. The zero-order valence-corrected chi connectivity index (χ0v) is 17.6. The summed E-state index contributed by atoms with van der Waals surface area (Å²) in [7, 11) is 0. The molecule has 0 radical (unpaired) electrons. The lowest BCUT2D eigenvalue weighted by Crippen LogP contribution is -2.23. The zero-order valence-electron chi connectivity index (χ0n) is 17.6. The van der Waals surface area contributed by atoms with Gasteiger partial charge in [0, 0.05) is 18.7 Å². The number of amides is 1. The van der Waals surface area contributed by atoms with Crippen LogP contribution in [0.25, 0.3) is 22.6 Å². The van der Waals surface area contributed by atoms with Gasteiger partial charge in [0.2, 0.25) is 0 Å². The third kappa shape index (κ3) is 4.23. The summed E-state index contributed by atoms with van der Waals surface area (Å²) in [6, 6.07) is 4.04. The molecule has 0 aliphatic carbocycles. The molecule has 1 amide bonds. The molecular weight excluding hydrogens is 406 g/mol. The maximum Gasteiger partial charge on any atom is 0.360 e. The van der Waals surface area contributed by atoms with Gasteiger partial charge < -0.3 is 29.3 Å². The highest BCUT2D eigenvalue weighted by atomic mass is 16.5. The molecule has 0 unspecified atom stereocenters. The van der Waals surface area contributed by atoms with E-state index in [4.69, 9.17) is 13.8 Å². The predicted octanol–water partition coefficient (Wildman–Crippen LogP) is 3.46. The summed E-state index contributed by atoms with van der Waals surface area (Å²) in [6.07, 6.45) is 0. The summed E-state index contributed by atoms with van der Waals surface area (Å²) >= 11 is 0. The molecule has 2 heterocycles. The van der Waals surface area contributed by atoms with E-state index in [-0.39, 0.29) is 58.1 Å². The molecule has 0 fully saturated rings. The van der Waals surface area contributed by atoms with Crippen LogP contribution in [0.1, 0.15) is 60.2 Å². The molecular formula is C21H23N3O7. The zero-order chi connectivity index (χ0) is 22.7. The van der Waals surface area contributed by atoms with Gasteiger partial charge in [-0.2, -0.15) is 0 Å². The Kier molecular flexibility index (Phi) is 6.28. The van der Waals surface area contributed by atoms with Gasteiger partial charge in [0.1, 0.15) is 17.1 Å². The molecule has 0 spiro atoms. The lowest BCUT2D eigenvalue weighted by atomic mass is 9.95. The van der Waals surface area contributed by atoms with Gasteiger partial charge in [0.15, 0.2) is 22.9 Å². The Morgan fingerprint density at radius 1 is 1.10 bits per heavy atom. The predicted molar refractivity (Wildman–Crippen MR) is 109 cm³/mol. The molecule has 0 aliphatic rings. The molecule has 3 N–H and O–H groups in total. The quantitative estimate of drug-likeness (QED) is 0.480. The van der Waals surface area contributed by atoms with E-state index in [2.05, 4.69) is 15.6 Å². The molecule has 10 nitrogen and oxygen atoms in total. The molecule has 1 aromatic carbocycles. The van der Waals surface area contributed by atoms with Crippen molar-refractivity contribution in [3.05, 3.63) is 35.2 Å². The topological polar surface area (TPSA) is 148 Å².